The summed E-state index contributed by atoms with van der Waals surface area (Å²) >= 11 is 12.5. The molecule has 2 saturated heterocycles. The molecular weight excluding hydrogens is 470 g/mol. The number of aliphatic hydroxyl groups is 1. The molecular formula is C24H23Cl2FN2O4. The molecule has 1 N–H and O–H groups in total. The van der Waals surface area contributed by atoms with Crippen molar-refractivity contribution in [2.24, 2.45) is 0 Å². The molecule has 1 atom stereocenters. The van der Waals surface area contributed by atoms with Gasteiger partial charge in [-0.3, -0.25) is 14.5 Å². The summed E-state index contributed by atoms with van der Waals surface area (Å²) < 4.78 is 18.7. The van der Waals surface area contributed by atoms with Gasteiger partial charge in [-0.05, 0) is 48.4 Å². The Bertz CT molecular complexity index is 1080. The van der Waals surface area contributed by atoms with Gasteiger partial charge in [0.05, 0.1) is 24.8 Å². The first-order valence-electron chi connectivity index (χ1n) is 10.7. The van der Waals surface area contributed by atoms with Crippen LogP contribution in [0.3, 0.4) is 0 Å². The number of likely N-dealkylation sites (tertiary alicyclic amines) is 1. The molecule has 2 aromatic carbocycles. The molecule has 0 saturated carbocycles. The molecule has 0 spiro atoms. The van der Waals surface area contributed by atoms with Gasteiger partial charge in [-0.25, -0.2) is 4.39 Å². The standard InChI is InChI=1S/C24H23Cl2FN2O4/c25-16-4-7-18(19(26)14-16)21-20(22(30)15-2-5-17(27)6-3-15)23(31)24(32)29(21)9-1-8-28-10-12-33-13-11-28/h2-7,14,21,30H,1,8-13H2/b22-20-. The van der Waals surface area contributed by atoms with Crippen LogP contribution in [0.1, 0.15) is 23.6 Å². The second-order valence-electron chi connectivity index (χ2n) is 7.97. The normalized spacial score (nSPS) is 21.1. The van der Waals surface area contributed by atoms with Crippen molar-refractivity contribution in [1.29, 1.82) is 0 Å². The molecule has 0 aromatic heterocycles. The zero-order valence-corrected chi connectivity index (χ0v) is 19.3. The van der Waals surface area contributed by atoms with Gasteiger partial charge < -0.3 is 14.7 Å². The van der Waals surface area contributed by atoms with Crippen molar-refractivity contribution in [2.75, 3.05) is 39.4 Å². The molecule has 4 rings (SSSR count). The first-order valence-corrected chi connectivity index (χ1v) is 11.4. The van der Waals surface area contributed by atoms with E-state index >= 15 is 0 Å². The molecule has 33 heavy (non-hydrogen) atoms. The third kappa shape index (κ3) is 5.06. The summed E-state index contributed by atoms with van der Waals surface area (Å²) in [6.45, 7) is 4.01. The minimum absolute atomic E-state index is 0.0813. The third-order valence-electron chi connectivity index (χ3n) is 5.89. The number of nitrogens with zero attached hydrogens (tertiary/aromatic N) is 2. The molecule has 2 heterocycles. The van der Waals surface area contributed by atoms with E-state index in [2.05, 4.69) is 4.90 Å². The van der Waals surface area contributed by atoms with Gasteiger partial charge in [-0.15, -0.1) is 0 Å². The van der Waals surface area contributed by atoms with Crippen molar-refractivity contribution in [1.82, 2.24) is 9.80 Å². The molecule has 1 amide bonds. The summed E-state index contributed by atoms with van der Waals surface area (Å²) in [5, 5.41) is 11.7. The fraction of sp³-hybridized carbons (Fsp3) is 0.333. The van der Waals surface area contributed by atoms with Gasteiger partial charge in [0, 0.05) is 41.8 Å². The Morgan fingerprint density at radius 3 is 2.42 bits per heavy atom. The van der Waals surface area contributed by atoms with E-state index in [0.717, 1.165) is 19.6 Å². The lowest BCUT2D eigenvalue weighted by Crippen LogP contribution is -2.39. The first-order chi connectivity index (χ1) is 15.9. The van der Waals surface area contributed by atoms with Gasteiger partial charge in [0.15, 0.2) is 0 Å². The largest absolute Gasteiger partial charge is 0.507 e. The van der Waals surface area contributed by atoms with Crippen molar-refractivity contribution in [3.05, 3.63) is 75.0 Å². The summed E-state index contributed by atoms with van der Waals surface area (Å²) in [4.78, 5) is 29.7. The fourth-order valence-corrected chi connectivity index (χ4v) is 4.72. The highest BCUT2D eigenvalue weighted by atomic mass is 35.5. The number of rotatable bonds is 6. The number of ether oxygens (including phenoxy) is 1. The predicted molar refractivity (Wildman–Crippen MR) is 124 cm³/mol. The highest BCUT2D eigenvalue weighted by Gasteiger charge is 2.46. The average Bonchev–Trinajstić information content (AvgIpc) is 3.05. The lowest BCUT2D eigenvalue weighted by Gasteiger charge is -2.29. The van der Waals surface area contributed by atoms with Crippen molar-refractivity contribution in [3.8, 4) is 0 Å². The molecule has 2 aliphatic heterocycles. The van der Waals surface area contributed by atoms with Crippen molar-refractivity contribution in [3.63, 3.8) is 0 Å². The smallest absolute Gasteiger partial charge is 0.295 e. The van der Waals surface area contributed by atoms with Gasteiger partial charge >= 0.3 is 0 Å². The maximum atomic E-state index is 13.4. The van der Waals surface area contributed by atoms with Crippen LogP contribution in [-0.4, -0.2) is 66.0 Å². The van der Waals surface area contributed by atoms with E-state index in [9.17, 15) is 19.1 Å². The highest BCUT2D eigenvalue weighted by Crippen LogP contribution is 2.42. The van der Waals surface area contributed by atoms with Crippen LogP contribution >= 0.6 is 23.2 Å². The maximum Gasteiger partial charge on any atom is 0.295 e. The Hall–Kier alpha value is -2.45. The Kier molecular flexibility index (Phi) is 7.34. The van der Waals surface area contributed by atoms with Gasteiger partial charge in [-0.1, -0.05) is 29.3 Å². The summed E-state index contributed by atoms with van der Waals surface area (Å²) in [5.41, 5.74) is 0.635. The van der Waals surface area contributed by atoms with Crippen LogP contribution in [0.25, 0.3) is 5.76 Å². The summed E-state index contributed by atoms with van der Waals surface area (Å²) in [6.07, 6.45) is 0.630. The van der Waals surface area contributed by atoms with E-state index in [4.69, 9.17) is 27.9 Å². The molecule has 0 aliphatic carbocycles. The number of Topliss-reactive ketones (excluding diaryl/α,β-unsaturated/α-hetero) is 1. The summed E-state index contributed by atoms with van der Waals surface area (Å²) in [7, 11) is 0. The second-order valence-corrected chi connectivity index (χ2v) is 8.82. The third-order valence-corrected chi connectivity index (χ3v) is 6.45. The van der Waals surface area contributed by atoms with Crippen LogP contribution < -0.4 is 0 Å². The Labute approximate surface area is 201 Å². The predicted octanol–water partition coefficient (Wildman–Crippen LogP) is 4.28. The molecule has 2 fully saturated rings. The number of benzene rings is 2. The number of halogens is 3. The lowest BCUT2D eigenvalue weighted by molar-refractivity contribution is -0.140. The molecule has 6 nitrogen and oxygen atoms in total. The summed E-state index contributed by atoms with van der Waals surface area (Å²) in [6, 6.07) is 8.99. The second kappa shape index (κ2) is 10.2. The summed E-state index contributed by atoms with van der Waals surface area (Å²) in [5.74, 6) is -2.37. The van der Waals surface area contributed by atoms with Gasteiger partial charge in [-0.2, -0.15) is 0 Å². The van der Waals surface area contributed by atoms with Gasteiger partial charge in [0.25, 0.3) is 11.7 Å². The molecule has 0 radical (unpaired) electrons. The van der Waals surface area contributed by atoms with E-state index in [1.165, 1.54) is 35.2 Å². The Balaban J connectivity index is 1.70. The minimum atomic E-state index is -0.885. The van der Waals surface area contributed by atoms with Crippen LogP contribution in [0, 0.1) is 5.82 Å². The monoisotopic (exact) mass is 492 g/mol. The molecule has 2 aliphatic rings. The van der Waals surface area contributed by atoms with E-state index in [0.29, 0.717) is 36.8 Å². The zero-order chi connectivity index (χ0) is 23.5. The van der Waals surface area contributed by atoms with E-state index in [1.54, 1.807) is 12.1 Å². The number of hydrogen-bond acceptors (Lipinski definition) is 5. The maximum absolute atomic E-state index is 13.4. The fourth-order valence-electron chi connectivity index (χ4n) is 4.21. The molecule has 0 bridgehead atoms. The van der Waals surface area contributed by atoms with Crippen LogP contribution in [0.15, 0.2) is 48.0 Å². The lowest BCUT2D eigenvalue weighted by atomic mass is 9.95. The number of carbonyl (C=O) groups excluding carboxylic acids is 2. The number of hydrogen-bond donors (Lipinski definition) is 1. The van der Waals surface area contributed by atoms with Crippen LogP contribution in [-0.2, 0) is 14.3 Å². The SMILES string of the molecule is O=C1C(=O)N(CCCN2CCOCC2)C(c2ccc(Cl)cc2Cl)/C1=C(/O)c1ccc(F)cc1. The van der Waals surface area contributed by atoms with Crippen LogP contribution in [0.5, 0.6) is 0 Å². The van der Waals surface area contributed by atoms with Crippen LogP contribution in [0.2, 0.25) is 10.0 Å². The van der Waals surface area contributed by atoms with Crippen molar-refractivity contribution >= 4 is 40.7 Å². The molecule has 174 valence electrons. The average molecular weight is 493 g/mol. The van der Waals surface area contributed by atoms with E-state index < -0.39 is 23.5 Å². The van der Waals surface area contributed by atoms with Crippen LogP contribution in [0.4, 0.5) is 4.39 Å². The highest BCUT2D eigenvalue weighted by molar-refractivity contribution is 6.47. The van der Waals surface area contributed by atoms with Crippen molar-refractivity contribution in [2.45, 2.75) is 12.5 Å². The molecule has 1 unspecified atom stereocenters. The Morgan fingerprint density at radius 1 is 1.06 bits per heavy atom. The van der Waals surface area contributed by atoms with E-state index in [-0.39, 0.29) is 21.9 Å². The van der Waals surface area contributed by atoms with Crippen molar-refractivity contribution < 1.29 is 23.8 Å². The topological polar surface area (TPSA) is 70.1 Å². The number of morpholine rings is 1. The molecule has 2 aromatic rings. The number of amides is 1. The zero-order valence-electron chi connectivity index (χ0n) is 17.8. The minimum Gasteiger partial charge on any atom is -0.507 e. The van der Waals surface area contributed by atoms with Gasteiger partial charge in [0.1, 0.15) is 11.6 Å². The van der Waals surface area contributed by atoms with Gasteiger partial charge in [0.2, 0.25) is 0 Å². The quantitative estimate of drug-likeness (QED) is 0.370. The number of carbonyl (C=O) groups is 2. The molecule has 9 heteroatoms. The Morgan fingerprint density at radius 2 is 1.76 bits per heavy atom. The number of ketones is 1. The van der Waals surface area contributed by atoms with E-state index in [1.807, 2.05) is 0 Å². The first kappa shape index (κ1) is 23.7. The number of aliphatic hydroxyl groups excluding tert-OH is 1.